The van der Waals surface area contributed by atoms with E-state index < -0.39 is 28.6 Å². The topological polar surface area (TPSA) is 85.4 Å². The number of rotatable bonds is 1. The summed E-state index contributed by atoms with van der Waals surface area (Å²) in [6, 6.07) is 0. The molecule has 6 nitrogen and oxygen atoms in total. The Labute approximate surface area is 146 Å². The largest absolute Gasteiger partial charge is 0.459 e. The van der Waals surface area contributed by atoms with E-state index >= 15 is 0 Å². The molecular formula is C19H24O6. The molecule has 0 bridgehead atoms. The Morgan fingerprint density at radius 1 is 1.24 bits per heavy atom. The van der Waals surface area contributed by atoms with Gasteiger partial charge in [0, 0.05) is 12.0 Å². The number of hydrogen-bond donors (Lipinski definition) is 1. The van der Waals surface area contributed by atoms with Crippen LogP contribution in [0.4, 0.5) is 0 Å². The van der Waals surface area contributed by atoms with Crippen molar-refractivity contribution in [3.8, 4) is 0 Å². The van der Waals surface area contributed by atoms with Gasteiger partial charge in [-0.2, -0.15) is 0 Å². The van der Waals surface area contributed by atoms with Gasteiger partial charge in [0.1, 0.15) is 18.3 Å². The summed E-state index contributed by atoms with van der Waals surface area (Å²) < 4.78 is 17.6. The van der Waals surface area contributed by atoms with Crippen molar-refractivity contribution in [1.29, 1.82) is 0 Å². The molecule has 5 rings (SSSR count). The summed E-state index contributed by atoms with van der Waals surface area (Å²) in [6.45, 7) is 7.92. The molecule has 1 spiro atoms. The molecule has 5 aliphatic rings. The molecular weight excluding hydrogens is 324 g/mol. The van der Waals surface area contributed by atoms with E-state index in [0.29, 0.717) is 12.8 Å². The fourth-order valence-corrected chi connectivity index (χ4v) is 6.39. The van der Waals surface area contributed by atoms with Crippen LogP contribution in [-0.2, 0) is 23.8 Å². The average molecular weight is 348 g/mol. The van der Waals surface area contributed by atoms with Gasteiger partial charge >= 0.3 is 11.9 Å². The summed E-state index contributed by atoms with van der Waals surface area (Å²) in [4.78, 5) is 25.0. The lowest BCUT2D eigenvalue weighted by molar-refractivity contribution is -0.157. The molecule has 3 heterocycles. The van der Waals surface area contributed by atoms with Gasteiger partial charge in [0.25, 0.3) is 0 Å². The highest BCUT2D eigenvalue weighted by Crippen LogP contribution is 2.72. The summed E-state index contributed by atoms with van der Waals surface area (Å²) in [5.74, 6) is -0.789. The van der Waals surface area contributed by atoms with Crippen molar-refractivity contribution in [3.63, 3.8) is 0 Å². The Balaban J connectivity index is 1.72. The Morgan fingerprint density at radius 3 is 2.64 bits per heavy atom. The molecule has 4 fully saturated rings. The number of carbonyl (C=O) groups is 2. The Kier molecular flexibility index (Phi) is 2.71. The van der Waals surface area contributed by atoms with Gasteiger partial charge in [-0.1, -0.05) is 20.8 Å². The molecule has 0 aromatic heterocycles. The minimum absolute atomic E-state index is 0.0930. The van der Waals surface area contributed by atoms with Gasteiger partial charge in [-0.15, -0.1) is 0 Å². The first kappa shape index (κ1) is 15.8. The molecule has 25 heavy (non-hydrogen) atoms. The zero-order valence-corrected chi connectivity index (χ0v) is 14.9. The van der Waals surface area contributed by atoms with E-state index in [1.807, 2.05) is 13.8 Å². The van der Waals surface area contributed by atoms with Crippen molar-refractivity contribution >= 4 is 11.9 Å². The summed E-state index contributed by atoms with van der Waals surface area (Å²) >= 11 is 0. The lowest BCUT2D eigenvalue weighted by Crippen LogP contribution is -2.63. The molecule has 2 aliphatic carbocycles. The highest BCUT2D eigenvalue weighted by Gasteiger charge is 2.83. The van der Waals surface area contributed by atoms with E-state index in [4.69, 9.17) is 14.2 Å². The molecule has 0 unspecified atom stereocenters. The molecule has 8 atom stereocenters. The lowest BCUT2D eigenvalue weighted by Gasteiger charge is -2.55. The SMILES string of the molecule is CC(C)[C@H]1OC(=O)C=C2[C@]13O[C@@H]3[C@H]1OC(=O)[C@@]3(C)[C@@H](O)CC[C@@]2(C)[C@@H]13. The van der Waals surface area contributed by atoms with Crippen molar-refractivity contribution in [2.45, 2.75) is 70.6 Å². The Hall–Kier alpha value is -1.40. The average Bonchev–Trinajstić information content (AvgIpc) is 3.20. The summed E-state index contributed by atoms with van der Waals surface area (Å²) in [5.41, 5.74) is -1.11. The van der Waals surface area contributed by atoms with E-state index in [-0.39, 0.29) is 36.0 Å². The highest BCUT2D eigenvalue weighted by molar-refractivity contribution is 5.87. The molecule has 2 saturated carbocycles. The van der Waals surface area contributed by atoms with Gasteiger partial charge in [0.15, 0.2) is 5.60 Å². The maximum absolute atomic E-state index is 12.7. The predicted molar refractivity (Wildman–Crippen MR) is 85.2 cm³/mol. The number of aliphatic hydroxyl groups excluding tert-OH is 1. The van der Waals surface area contributed by atoms with Crippen LogP contribution in [0.15, 0.2) is 11.6 Å². The quantitative estimate of drug-likeness (QED) is 0.569. The van der Waals surface area contributed by atoms with Crippen molar-refractivity contribution in [3.05, 3.63) is 11.6 Å². The van der Waals surface area contributed by atoms with Crippen LogP contribution in [0.1, 0.15) is 40.5 Å². The highest BCUT2D eigenvalue weighted by atomic mass is 16.7. The minimum Gasteiger partial charge on any atom is -0.459 e. The summed E-state index contributed by atoms with van der Waals surface area (Å²) in [5, 5.41) is 10.6. The van der Waals surface area contributed by atoms with Crippen LogP contribution in [0.25, 0.3) is 0 Å². The first-order valence-corrected chi connectivity index (χ1v) is 9.17. The molecule has 0 radical (unpaired) electrons. The fourth-order valence-electron chi connectivity index (χ4n) is 6.39. The number of fused-ring (bicyclic) bond motifs is 2. The predicted octanol–water partition coefficient (Wildman–Crippen LogP) is 1.35. The number of cyclic esters (lactones) is 1. The van der Waals surface area contributed by atoms with Crippen LogP contribution in [0.5, 0.6) is 0 Å². The van der Waals surface area contributed by atoms with Crippen LogP contribution in [0, 0.1) is 22.7 Å². The van der Waals surface area contributed by atoms with E-state index in [0.717, 1.165) is 5.57 Å². The summed E-state index contributed by atoms with van der Waals surface area (Å²) in [7, 11) is 0. The van der Waals surface area contributed by atoms with Crippen LogP contribution < -0.4 is 0 Å². The second-order valence-corrected chi connectivity index (χ2v) is 9.09. The number of aliphatic hydroxyl groups is 1. The zero-order chi connectivity index (χ0) is 17.9. The molecule has 0 aromatic carbocycles. The van der Waals surface area contributed by atoms with Gasteiger partial charge in [0.05, 0.1) is 11.5 Å². The first-order valence-electron chi connectivity index (χ1n) is 9.17. The van der Waals surface area contributed by atoms with Crippen molar-refractivity contribution in [1.82, 2.24) is 0 Å². The maximum atomic E-state index is 12.7. The van der Waals surface area contributed by atoms with Gasteiger partial charge in [0.2, 0.25) is 0 Å². The molecule has 1 N–H and O–H groups in total. The molecule has 0 aromatic rings. The standard InChI is InChI=1S/C19H24O6/c1-8(2)14-19-9(7-11(21)23-14)17(3)6-5-10(20)18(4)13(17)12(15(19)25-19)24-16(18)22/h7-8,10,12-15,20H,5-6H2,1-4H3/t10-,12-,13+,14+,15+,17+,18-,19-/m0/s1. The third-order valence-electron chi connectivity index (χ3n) is 7.53. The van der Waals surface area contributed by atoms with Crippen molar-refractivity contribution < 1.29 is 28.9 Å². The van der Waals surface area contributed by atoms with E-state index in [1.54, 1.807) is 13.0 Å². The fraction of sp³-hybridized carbons (Fsp3) is 0.789. The van der Waals surface area contributed by atoms with Crippen LogP contribution in [-0.4, -0.2) is 47.1 Å². The number of epoxide rings is 1. The number of esters is 2. The Morgan fingerprint density at radius 2 is 1.96 bits per heavy atom. The maximum Gasteiger partial charge on any atom is 0.331 e. The third kappa shape index (κ3) is 1.51. The Bertz CT molecular complexity index is 727. The van der Waals surface area contributed by atoms with Gasteiger partial charge < -0.3 is 19.3 Å². The first-order chi connectivity index (χ1) is 11.7. The van der Waals surface area contributed by atoms with E-state index in [2.05, 4.69) is 6.92 Å². The van der Waals surface area contributed by atoms with Gasteiger partial charge in [-0.3, -0.25) is 4.79 Å². The minimum atomic E-state index is -0.953. The molecule has 0 amide bonds. The third-order valence-corrected chi connectivity index (χ3v) is 7.53. The van der Waals surface area contributed by atoms with E-state index in [1.165, 1.54) is 0 Å². The van der Waals surface area contributed by atoms with Crippen molar-refractivity contribution in [2.75, 3.05) is 0 Å². The number of hydrogen-bond acceptors (Lipinski definition) is 6. The van der Waals surface area contributed by atoms with Crippen LogP contribution in [0.2, 0.25) is 0 Å². The number of carbonyl (C=O) groups excluding carboxylic acids is 2. The summed E-state index contributed by atoms with van der Waals surface area (Å²) in [6.07, 6.45) is 0.983. The lowest BCUT2D eigenvalue weighted by atomic mass is 9.46. The van der Waals surface area contributed by atoms with E-state index in [9.17, 15) is 14.7 Å². The zero-order valence-electron chi connectivity index (χ0n) is 14.9. The van der Waals surface area contributed by atoms with Crippen molar-refractivity contribution in [2.24, 2.45) is 22.7 Å². The smallest absolute Gasteiger partial charge is 0.331 e. The molecule has 3 aliphatic heterocycles. The number of ether oxygens (including phenoxy) is 3. The monoisotopic (exact) mass is 348 g/mol. The van der Waals surface area contributed by atoms with Gasteiger partial charge in [-0.25, -0.2) is 4.79 Å². The molecule has 2 saturated heterocycles. The van der Waals surface area contributed by atoms with Crippen LogP contribution in [0.3, 0.4) is 0 Å². The normalized spacial score (nSPS) is 55.6. The second kappa shape index (κ2) is 4.29. The molecule has 136 valence electrons. The second-order valence-electron chi connectivity index (χ2n) is 9.09. The van der Waals surface area contributed by atoms with Gasteiger partial charge in [-0.05, 0) is 36.7 Å². The van der Waals surface area contributed by atoms with Crippen LogP contribution >= 0.6 is 0 Å². The molecule has 6 heteroatoms.